The normalized spacial score (nSPS) is 27.1. The van der Waals surface area contributed by atoms with Gasteiger partial charge in [-0.3, -0.25) is 0 Å². The molecule has 126 valence electrons. The molecule has 1 fully saturated rings. The van der Waals surface area contributed by atoms with Crippen LogP contribution in [0, 0.1) is 29.1 Å². The van der Waals surface area contributed by atoms with Crippen molar-refractivity contribution in [3.05, 3.63) is 0 Å². The van der Waals surface area contributed by atoms with Crippen LogP contribution in [0.2, 0.25) is 0 Å². The Morgan fingerprint density at radius 2 is 1.38 bits per heavy atom. The summed E-state index contributed by atoms with van der Waals surface area (Å²) in [6, 6.07) is 0. The van der Waals surface area contributed by atoms with Crippen LogP contribution in [0.25, 0.3) is 0 Å². The monoisotopic (exact) mass is 302 g/mol. The van der Waals surface area contributed by atoms with Gasteiger partial charge in [0.2, 0.25) is 0 Å². The highest BCUT2D eigenvalue weighted by atomic mass is 19.3. The van der Waals surface area contributed by atoms with E-state index in [9.17, 15) is 8.78 Å². The van der Waals surface area contributed by atoms with Crippen molar-refractivity contribution in [1.29, 1.82) is 0 Å². The molecule has 0 bridgehead atoms. The molecule has 1 aliphatic rings. The van der Waals surface area contributed by atoms with Gasteiger partial charge in [0.25, 0.3) is 5.92 Å². The molecule has 0 heterocycles. The van der Waals surface area contributed by atoms with E-state index < -0.39 is 11.3 Å². The molecule has 0 aromatic rings. The Bertz CT molecular complexity index is 309. The fourth-order valence-corrected chi connectivity index (χ4v) is 3.87. The average molecular weight is 302 g/mol. The van der Waals surface area contributed by atoms with Crippen LogP contribution in [-0.4, -0.2) is 5.92 Å². The van der Waals surface area contributed by atoms with Crippen LogP contribution in [-0.2, 0) is 0 Å². The molecule has 0 aromatic heterocycles. The number of hydrogen-bond donors (Lipinski definition) is 0. The van der Waals surface area contributed by atoms with Crippen molar-refractivity contribution in [3.8, 4) is 0 Å². The van der Waals surface area contributed by atoms with Gasteiger partial charge in [0, 0.05) is 11.8 Å². The zero-order valence-corrected chi connectivity index (χ0v) is 15.0. The van der Waals surface area contributed by atoms with Crippen molar-refractivity contribution in [3.63, 3.8) is 0 Å². The van der Waals surface area contributed by atoms with Gasteiger partial charge < -0.3 is 0 Å². The summed E-state index contributed by atoms with van der Waals surface area (Å²) in [5, 5.41) is 0. The highest BCUT2D eigenvalue weighted by Crippen LogP contribution is 2.68. The third-order valence-electron chi connectivity index (χ3n) is 5.43. The second-order valence-electron chi connectivity index (χ2n) is 8.54. The first-order chi connectivity index (χ1) is 9.60. The van der Waals surface area contributed by atoms with Crippen LogP contribution < -0.4 is 0 Å². The molecule has 0 N–H and O–H groups in total. The Balaban J connectivity index is 2.37. The summed E-state index contributed by atoms with van der Waals surface area (Å²) in [6.45, 7) is 13.0. The average Bonchev–Trinajstić information content (AvgIpc) is 2.87. The minimum atomic E-state index is -2.41. The van der Waals surface area contributed by atoms with Crippen molar-refractivity contribution in [2.24, 2.45) is 29.1 Å². The second kappa shape index (κ2) is 7.42. The molecule has 0 aromatic carbocycles. The van der Waals surface area contributed by atoms with Crippen molar-refractivity contribution >= 4 is 0 Å². The van der Waals surface area contributed by atoms with E-state index in [0.717, 1.165) is 18.8 Å². The molecule has 1 saturated carbocycles. The Labute approximate surface area is 131 Å². The quantitative estimate of drug-likeness (QED) is 0.410. The SMILES string of the molecule is CC(C)CCCC(C)CCC(C)C1(CC(C)C)CC1(F)F. The first-order valence-electron chi connectivity index (χ1n) is 8.98. The molecule has 0 nitrogen and oxygen atoms in total. The zero-order valence-electron chi connectivity index (χ0n) is 15.0. The Kier molecular flexibility index (Phi) is 6.68. The summed E-state index contributed by atoms with van der Waals surface area (Å²) in [6.07, 6.45) is 6.69. The topological polar surface area (TPSA) is 0 Å². The van der Waals surface area contributed by atoms with Gasteiger partial charge in [-0.05, 0) is 36.5 Å². The van der Waals surface area contributed by atoms with E-state index in [2.05, 4.69) is 41.5 Å². The molecule has 1 aliphatic carbocycles. The lowest BCUT2D eigenvalue weighted by Crippen LogP contribution is -2.23. The maximum atomic E-state index is 13.9. The van der Waals surface area contributed by atoms with E-state index in [4.69, 9.17) is 0 Å². The zero-order chi connectivity index (χ0) is 16.3. The number of halogens is 2. The van der Waals surface area contributed by atoms with Crippen LogP contribution in [0.15, 0.2) is 0 Å². The van der Waals surface area contributed by atoms with Gasteiger partial charge >= 0.3 is 0 Å². The van der Waals surface area contributed by atoms with Gasteiger partial charge in [0.15, 0.2) is 0 Å². The maximum absolute atomic E-state index is 13.9. The Hall–Kier alpha value is -0.140. The molecule has 0 amide bonds. The largest absolute Gasteiger partial charge is 0.254 e. The fraction of sp³-hybridized carbons (Fsp3) is 1.00. The van der Waals surface area contributed by atoms with Crippen molar-refractivity contribution in [1.82, 2.24) is 0 Å². The van der Waals surface area contributed by atoms with Gasteiger partial charge in [-0.15, -0.1) is 0 Å². The van der Waals surface area contributed by atoms with Crippen LogP contribution in [0.1, 0.15) is 86.5 Å². The molecule has 0 aliphatic heterocycles. The predicted molar refractivity (Wildman–Crippen MR) is 87.7 cm³/mol. The van der Waals surface area contributed by atoms with Crippen LogP contribution in [0.5, 0.6) is 0 Å². The molecule has 2 heteroatoms. The van der Waals surface area contributed by atoms with Gasteiger partial charge in [-0.2, -0.15) is 0 Å². The first kappa shape index (κ1) is 18.9. The van der Waals surface area contributed by atoms with Gasteiger partial charge in [0.05, 0.1) is 0 Å². The summed E-state index contributed by atoms with van der Waals surface area (Å²) in [5.74, 6) is -0.436. The molecule has 0 spiro atoms. The Morgan fingerprint density at radius 1 is 0.810 bits per heavy atom. The Morgan fingerprint density at radius 3 is 1.81 bits per heavy atom. The van der Waals surface area contributed by atoms with Gasteiger partial charge in [-0.25, -0.2) is 8.78 Å². The maximum Gasteiger partial charge on any atom is 0.254 e. The molecule has 0 radical (unpaired) electrons. The molecular formula is C19H36F2. The summed E-state index contributed by atoms with van der Waals surface area (Å²) in [5.41, 5.74) is -0.682. The van der Waals surface area contributed by atoms with E-state index in [-0.39, 0.29) is 12.3 Å². The molecular weight excluding hydrogens is 266 g/mol. The number of hydrogen-bond acceptors (Lipinski definition) is 0. The standard InChI is InChI=1S/C19H36F2/c1-14(2)8-7-9-16(5)10-11-17(6)18(12-15(3)4)13-19(18,20)21/h14-17H,7-13H2,1-6H3. The third kappa shape index (κ3) is 5.21. The smallest absolute Gasteiger partial charge is 0.206 e. The number of rotatable bonds is 10. The molecule has 0 saturated heterocycles. The van der Waals surface area contributed by atoms with Crippen LogP contribution in [0.4, 0.5) is 8.78 Å². The molecule has 3 atom stereocenters. The molecule has 3 unspecified atom stereocenters. The van der Waals surface area contributed by atoms with Gasteiger partial charge in [-0.1, -0.05) is 67.2 Å². The first-order valence-corrected chi connectivity index (χ1v) is 8.98. The summed E-state index contributed by atoms with van der Waals surface area (Å²) < 4.78 is 27.8. The van der Waals surface area contributed by atoms with E-state index in [1.165, 1.54) is 19.3 Å². The van der Waals surface area contributed by atoms with Crippen LogP contribution in [0.3, 0.4) is 0 Å². The lowest BCUT2D eigenvalue weighted by atomic mass is 9.79. The minimum absolute atomic E-state index is 0.126. The van der Waals surface area contributed by atoms with Crippen molar-refractivity contribution in [2.75, 3.05) is 0 Å². The highest BCUT2D eigenvalue weighted by Gasteiger charge is 2.72. The van der Waals surface area contributed by atoms with Gasteiger partial charge in [0.1, 0.15) is 0 Å². The fourth-order valence-electron chi connectivity index (χ4n) is 3.87. The highest BCUT2D eigenvalue weighted by molar-refractivity contribution is 5.12. The minimum Gasteiger partial charge on any atom is -0.206 e. The van der Waals surface area contributed by atoms with E-state index in [0.29, 0.717) is 18.3 Å². The van der Waals surface area contributed by atoms with Crippen molar-refractivity contribution < 1.29 is 8.78 Å². The van der Waals surface area contributed by atoms with E-state index >= 15 is 0 Å². The predicted octanol–water partition coefficient (Wildman–Crippen LogP) is 6.94. The van der Waals surface area contributed by atoms with E-state index in [1.54, 1.807) is 0 Å². The molecule has 21 heavy (non-hydrogen) atoms. The second-order valence-corrected chi connectivity index (χ2v) is 8.54. The lowest BCUT2D eigenvalue weighted by molar-refractivity contribution is 0.0279. The van der Waals surface area contributed by atoms with Crippen LogP contribution >= 0.6 is 0 Å². The van der Waals surface area contributed by atoms with E-state index in [1.807, 2.05) is 0 Å². The summed E-state index contributed by atoms with van der Waals surface area (Å²) >= 11 is 0. The van der Waals surface area contributed by atoms with Crippen molar-refractivity contribution in [2.45, 2.75) is 92.4 Å². The third-order valence-corrected chi connectivity index (χ3v) is 5.43. The summed E-state index contributed by atoms with van der Waals surface area (Å²) in [7, 11) is 0. The lowest BCUT2D eigenvalue weighted by Gasteiger charge is -2.27. The molecule has 1 rings (SSSR count). The summed E-state index contributed by atoms with van der Waals surface area (Å²) in [4.78, 5) is 0. The number of alkyl halides is 2.